The maximum absolute atomic E-state index is 13.1. The Morgan fingerprint density at radius 2 is 1.87 bits per heavy atom. The van der Waals surface area contributed by atoms with Crippen LogP contribution in [0.5, 0.6) is 5.88 Å². The van der Waals surface area contributed by atoms with E-state index in [1.807, 2.05) is 0 Å². The number of pyridine rings is 1. The lowest BCUT2D eigenvalue weighted by atomic mass is 10.1. The highest BCUT2D eigenvalue weighted by atomic mass is 19.1. The second kappa shape index (κ2) is 5.33. The third-order valence-electron chi connectivity index (χ3n) is 4.77. The van der Waals surface area contributed by atoms with Crippen molar-refractivity contribution in [2.75, 3.05) is 0 Å². The van der Waals surface area contributed by atoms with Crippen LogP contribution in [-0.2, 0) is 0 Å². The number of hydrogen-bond donors (Lipinski definition) is 1. The molecule has 1 N–H and O–H groups in total. The van der Waals surface area contributed by atoms with Crippen LogP contribution < -0.4 is 4.74 Å². The largest absolute Gasteiger partial charge is 0.478 e. The third-order valence-corrected chi connectivity index (χ3v) is 4.77. The first-order chi connectivity index (χ1) is 11.1. The van der Waals surface area contributed by atoms with Gasteiger partial charge in [-0.05, 0) is 43.2 Å². The Kier molecular flexibility index (Phi) is 3.29. The number of carboxylic acid groups (broad SMARTS) is 1. The summed E-state index contributed by atoms with van der Waals surface area (Å²) in [5, 5.41) is 9.29. The third kappa shape index (κ3) is 2.67. The van der Waals surface area contributed by atoms with E-state index in [-0.39, 0.29) is 17.5 Å². The van der Waals surface area contributed by atoms with Gasteiger partial charge < -0.3 is 9.84 Å². The fourth-order valence-corrected chi connectivity index (χ4v) is 3.53. The number of carbonyl (C=O) groups is 1. The molecule has 2 fully saturated rings. The summed E-state index contributed by atoms with van der Waals surface area (Å²) in [6, 6.07) is 8.77. The van der Waals surface area contributed by atoms with Gasteiger partial charge in [0, 0.05) is 23.5 Å². The molecule has 23 heavy (non-hydrogen) atoms. The number of aromatic nitrogens is 1. The molecule has 0 bridgehead atoms. The number of benzene rings is 1. The first-order valence-electron chi connectivity index (χ1n) is 7.80. The van der Waals surface area contributed by atoms with Gasteiger partial charge in [0.2, 0.25) is 5.88 Å². The number of ether oxygens (including phenoxy) is 1. The highest BCUT2D eigenvalue weighted by molar-refractivity contribution is 5.89. The lowest BCUT2D eigenvalue weighted by Crippen LogP contribution is -2.08. The molecule has 5 heteroatoms. The number of carboxylic acids is 1. The van der Waals surface area contributed by atoms with Crippen LogP contribution in [0.4, 0.5) is 4.39 Å². The van der Waals surface area contributed by atoms with Gasteiger partial charge >= 0.3 is 5.97 Å². The fourth-order valence-electron chi connectivity index (χ4n) is 3.53. The number of nitrogens with zero attached hydrogens (tertiary/aromatic N) is 1. The van der Waals surface area contributed by atoms with Crippen molar-refractivity contribution in [3.8, 4) is 17.1 Å². The monoisotopic (exact) mass is 313 g/mol. The van der Waals surface area contributed by atoms with E-state index in [4.69, 9.17) is 4.74 Å². The number of halogens is 1. The molecule has 0 amide bonds. The van der Waals surface area contributed by atoms with Crippen LogP contribution in [0.3, 0.4) is 0 Å². The summed E-state index contributed by atoms with van der Waals surface area (Å²) in [5.74, 6) is 0.157. The van der Waals surface area contributed by atoms with Gasteiger partial charge in [-0.2, -0.15) is 0 Å². The zero-order valence-electron chi connectivity index (χ0n) is 12.4. The molecule has 1 aromatic carbocycles. The summed E-state index contributed by atoms with van der Waals surface area (Å²) in [4.78, 5) is 15.8. The molecule has 1 heterocycles. The van der Waals surface area contributed by atoms with Crippen molar-refractivity contribution >= 4 is 5.97 Å². The molecule has 2 aliphatic rings. The summed E-state index contributed by atoms with van der Waals surface area (Å²) in [6.07, 6.45) is 3.78. The minimum atomic E-state index is -1.03. The van der Waals surface area contributed by atoms with Crippen LogP contribution in [0.2, 0.25) is 0 Å². The summed E-state index contributed by atoms with van der Waals surface area (Å²) in [6.45, 7) is 0. The Morgan fingerprint density at radius 3 is 2.52 bits per heavy atom. The lowest BCUT2D eigenvalue weighted by molar-refractivity contribution is 0.0696. The van der Waals surface area contributed by atoms with E-state index in [1.165, 1.54) is 43.5 Å². The van der Waals surface area contributed by atoms with Gasteiger partial charge in [-0.1, -0.05) is 6.42 Å². The van der Waals surface area contributed by atoms with E-state index in [0.29, 0.717) is 29.0 Å². The smallest absolute Gasteiger partial charge is 0.335 e. The molecular weight excluding hydrogens is 297 g/mol. The Bertz CT molecular complexity index is 749. The summed E-state index contributed by atoms with van der Waals surface area (Å²) < 4.78 is 19.0. The van der Waals surface area contributed by atoms with Crippen molar-refractivity contribution in [1.82, 2.24) is 4.98 Å². The molecular formula is C18H16FNO3. The fraction of sp³-hybridized carbons (Fsp3) is 0.333. The molecule has 4 rings (SSSR count). The molecule has 2 saturated carbocycles. The second-order valence-electron chi connectivity index (χ2n) is 6.23. The van der Waals surface area contributed by atoms with Crippen molar-refractivity contribution in [3.63, 3.8) is 0 Å². The first kappa shape index (κ1) is 14.2. The Hall–Kier alpha value is -2.43. The quantitative estimate of drug-likeness (QED) is 0.933. The molecule has 0 saturated heterocycles. The van der Waals surface area contributed by atoms with Gasteiger partial charge in [-0.25, -0.2) is 14.2 Å². The van der Waals surface area contributed by atoms with E-state index >= 15 is 0 Å². The Balaban J connectivity index is 1.65. The zero-order chi connectivity index (χ0) is 16.0. The van der Waals surface area contributed by atoms with Crippen molar-refractivity contribution in [2.24, 2.45) is 11.8 Å². The number of rotatable bonds is 4. The second-order valence-corrected chi connectivity index (χ2v) is 6.23. The van der Waals surface area contributed by atoms with E-state index < -0.39 is 5.97 Å². The predicted molar refractivity (Wildman–Crippen MR) is 81.8 cm³/mol. The van der Waals surface area contributed by atoms with Crippen LogP contribution in [0, 0.1) is 17.7 Å². The highest BCUT2D eigenvalue weighted by Crippen LogP contribution is 2.53. The van der Waals surface area contributed by atoms with Crippen LogP contribution in [0.1, 0.15) is 29.6 Å². The normalized spacial score (nSPS) is 25.0. The molecule has 0 aliphatic heterocycles. The first-order valence-corrected chi connectivity index (χ1v) is 7.80. The highest BCUT2D eigenvalue weighted by Gasteiger charge is 2.55. The molecule has 1 aromatic heterocycles. The van der Waals surface area contributed by atoms with Gasteiger partial charge in [-0.3, -0.25) is 0 Å². The summed E-state index contributed by atoms with van der Waals surface area (Å²) >= 11 is 0. The SMILES string of the molecule is O=C(O)c1cc(OC2[C@H]3CCC[C@@H]23)nc(-c2ccc(F)cc2)c1. The van der Waals surface area contributed by atoms with Crippen molar-refractivity contribution in [3.05, 3.63) is 47.8 Å². The van der Waals surface area contributed by atoms with Gasteiger partial charge in [0.1, 0.15) is 11.9 Å². The molecule has 2 aromatic rings. The van der Waals surface area contributed by atoms with Crippen LogP contribution in [-0.4, -0.2) is 22.2 Å². The molecule has 2 aliphatic carbocycles. The van der Waals surface area contributed by atoms with E-state index in [2.05, 4.69) is 4.98 Å². The maximum atomic E-state index is 13.1. The number of aromatic carboxylic acids is 1. The summed E-state index contributed by atoms with van der Waals surface area (Å²) in [7, 11) is 0. The molecule has 3 atom stereocenters. The Labute approximate surface area is 132 Å². The van der Waals surface area contributed by atoms with E-state index in [9.17, 15) is 14.3 Å². The zero-order valence-corrected chi connectivity index (χ0v) is 12.4. The predicted octanol–water partition coefficient (Wildman–Crippen LogP) is 3.76. The topological polar surface area (TPSA) is 59.4 Å². The van der Waals surface area contributed by atoms with E-state index in [1.54, 1.807) is 12.1 Å². The van der Waals surface area contributed by atoms with Crippen molar-refractivity contribution in [2.45, 2.75) is 25.4 Å². The number of fused-ring (bicyclic) bond motifs is 1. The number of hydrogen-bond acceptors (Lipinski definition) is 3. The molecule has 0 spiro atoms. The standard InChI is InChI=1S/C18H16FNO3/c19-12-6-4-10(5-7-12)15-8-11(18(21)22)9-16(20-15)23-17-13-2-1-3-14(13)17/h4-9,13-14,17H,1-3H2,(H,21,22)/t13-,14+,17?. The van der Waals surface area contributed by atoms with E-state index in [0.717, 1.165) is 0 Å². The average Bonchev–Trinajstić information content (AvgIpc) is 2.96. The van der Waals surface area contributed by atoms with Gasteiger partial charge in [-0.15, -0.1) is 0 Å². The van der Waals surface area contributed by atoms with Crippen LogP contribution >= 0.6 is 0 Å². The van der Waals surface area contributed by atoms with Crippen LogP contribution in [0.25, 0.3) is 11.3 Å². The molecule has 0 radical (unpaired) electrons. The van der Waals surface area contributed by atoms with Crippen LogP contribution in [0.15, 0.2) is 36.4 Å². The van der Waals surface area contributed by atoms with Gasteiger partial charge in [0.05, 0.1) is 11.3 Å². The minimum Gasteiger partial charge on any atom is -0.478 e. The molecule has 1 unspecified atom stereocenters. The van der Waals surface area contributed by atoms with Gasteiger partial charge in [0.15, 0.2) is 0 Å². The molecule has 118 valence electrons. The van der Waals surface area contributed by atoms with Crippen molar-refractivity contribution < 1.29 is 19.0 Å². The average molecular weight is 313 g/mol. The lowest BCUT2D eigenvalue weighted by Gasteiger charge is -2.10. The minimum absolute atomic E-state index is 0.125. The Morgan fingerprint density at radius 1 is 1.17 bits per heavy atom. The van der Waals surface area contributed by atoms with Gasteiger partial charge in [0.25, 0.3) is 0 Å². The summed E-state index contributed by atoms with van der Waals surface area (Å²) in [5.41, 5.74) is 1.26. The van der Waals surface area contributed by atoms with Crippen molar-refractivity contribution in [1.29, 1.82) is 0 Å². The molecule has 4 nitrogen and oxygen atoms in total. The maximum Gasteiger partial charge on any atom is 0.335 e.